The lowest BCUT2D eigenvalue weighted by Gasteiger charge is -2.11. The van der Waals surface area contributed by atoms with Crippen LogP contribution in [-0.2, 0) is 0 Å². The maximum atomic E-state index is 4.92. The molecule has 25 heavy (non-hydrogen) atoms. The molecule has 0 spiro atoms. The van der Waals surface area contributed by atoms with E-state index in [9.17, 15) is 0 Å². The van der Waals surface area contributed by atoms with Crippen LogP contribution in [0, 0.1) is 13.8 Å². The summed E-state index contributed by atoms with van der Waals surface area (Å²) >= 11 is 4.64. The molecule has 0 atom stereocenters. The van der Waals surface area contributed by atoms with Gasteiger partial charge in [0.15, 0.2) is 0 Å². The Bertz CT molecular complexity index is 1110. The summed E-state index contributed by atoms with van der Waals surface area (Å²) in [7, 11) is 0. The Kier molecular flexibility index (Phi) is 3.41. The molecule has 4 nitrogen and oxygen atoms in total. The fourth-order valence-corrected chi connectivity index (χ4v) is 5.10. The first-order valence-electron chi connectivity index (χ1n) is 7.75. The molecule has 7 heteroatoms. The number of fused-ring (bicyclic) bond motifs is 2. The van der Waals surface area contributed by atoms with Crippen molar-refractivity contribution >= 4 is 56.5 Å². The van der Waals surface area contributed by atoms with E-state index < -0.39 is 0 Å². The third-order valence-electron chi connectivity index (χ3n) is 4.28. The summed E-state index contributed by atoms with van der Waals surface area (Å²) in [6.07, 6.45) is 0. The normalized spacial score (nSPS) is 11.6. The van der Waals surface area contributed by atoms with Crippen molar-refractivity contribution in [1.82, 2.24) is 18.7 Å². The molecule has 4 heterocycles. The summed E-state index contributed by atoms with van der Waals surface area (Å²) in [5.41, 5.74) is 7.65. The van der Waals surface area contributed by atoms with Crippen molar-refractivity contribution in [2.24, 2.45) is 0 Å². The largest absolute Gasteiger partial charge is 0.249 e. The third kappa shape index (κ3) is 2.23. The summed E-state index contributed by atoms with van der Waals surface area (Å²) in [4.78, 5) is 12.1. The van der Waals surface area contributed by atoms with E-state index >= 15 is 0 Å². The van der Waals surface area contributed by atoms with Crippen LogP contribution in [0.1, 0.15) is 11.4 Å². The highest BCUT2D eigenvalue weighted by molar-refractivity contribution is 7.14. The van der Waals surface area contributed by atoms with Crippen molar-refractivity contribution in [2.75, 3.05) is 0 Å². The molecule has 1 aromatic carbocycles. The Labute approximate surface area is 156 Å². The minimum atomic E-state index is 0.911. The van der Waals surface area contributed by atoms with Gasteiger partial charge in [-0.3, -0.25) is 0 Å². The lowest BCUT2D eigenvalue weighted by molar-refractivity contribution is 1.10. The highest BCUT2D eigenvalue weighted by Gasteiger charge is 2.23. The third-order valence-corrected chi connectivity index (χ3v) is 6.58. The molecule has 0 fully saturated rings. The van der Waals surface area contributed by atoms with Crippen molar-refractivity contribution in [3.05, 3.63) is 46.4 Å². The Morgan fingerprint density at radius 3 is 1.56 bits per heavy atom. The summed E-state index contributed by atoms with van der Waals surface area (Å²) in [5, 5.41) is 4.16. The lowest BCUT2D eigenvalue weighted by Crippen LogP contribution is -1.98. The molecule has 0 aliphatic carbocycles. The molecule has 122 valence electrons. The first kappa shape index (κ1) is 15.1. The topological polar surface area (TPSA) is 51.6 Å². The SMILES string of the molecule is Cc1nc2c(-c3cccs3)c3nsnc3c(-c3cccs3)c2nc1C. The quantitative estimate of drug-likeness (QED) is 0.394. The number of aromatic nitrogens is 4. The average Bonchev–Trinajstić information content (AvgIpc) is 3.36. The molecule has 0 aliphatic heterocycles. The Balaban J connectivity index is 2.06. The van der Waals surface area contributed by atoms with Gasteiger partial charge >= 0.3 is 0 Å². The van der Waals surface area contributed by atoms with Crippen LogP contribution in [0.4, 0.5) is 0 Å². The van der Waals surface area contributed by atoms with Gasteiger partial charge in [0.1, 0.15) is 22.1 Å². The molecule has 0 saturated heterocycles. The Morgan fingerprint density at radius 2 is 1.16 bits per heavy atom. The average molecular weight is 381 g/mol. The van der Waals surface area contributed by atoms with Gasteiger partial charge in [0, 0.05) is 20.9 Å². The van der Waals surface area contributed by atoms with Crippen LogP contribution in [-0.4, -0.2) is 18.7 Å². The standard InChI is InChI=1S/C18H12N4S3/c1-9-10(2)20-16-14(12-6-4-8-24-12)18-17(21-25-22-18)13(15(16)19-9)11-5-3-7-23-11/h3-8H,1-2H3. The number of thiophene rings is 2. The van der Waals surface area contributed by atoms with Crippen LogP contribution in [0.15, 0.2) is 35.0 Å². The first-order chi connectivity index (χ1) is 12.2. The van der Waals surface area contributed by atoms with Gasteiger partial charge < -0.3 is 0 Å². The Hall–Kier alpha value is -2.22. The highest BCUT2D eigenvalue weighted by Crippen LogP contribution is 2.43. The van der Waals surface area contributed by atoms with Gasteiger partial charge in [-0.1, -0.05) is 12.1 Å². The van der Waals surface area contributed by atoms with E-state index in [-0.39, 0.29) is 0 Å². The van der Waals surface area contributed by atoms with Gasteiger partial charge in [-0.25, -0.2) is 9.97 Å². The van der Waals surface area contributed by atoms with E-state index in [1.807, 2.05) is 13.8 Å². The number of aryl methyl sites for hydroxylation is 2. The minimum Gasteiger partial charge on any atom is -0.249 e. The van der Waals surface area contributed by atoms with Crippen LogP contribution < -0.4 is 0 Å². The van der Waals surface area contributed by atoms with Crippen LogP contribution in [0.3, 0.4) is 0 Å². The maximum Gasteiger partial charge on any atom is 0.116 e. The fourth-order valence-electron chi connectivity index (χ4n) is 3.00. The van der Waals surface area contributed by atoms with Crippen LogP contribution in [0.25, 0.3) is 42.9 Å². The van der Waals surface area contributed by atoms with E-state index in [1.54, 1.807) is 22.7 Å². The molecule has 5 rings (SSSR count). The zero-order chi connectivity index (χ0) is 17.0. The predicted octanol–water partition coefficient (Wildman–Crippen LogP) is 5.71. The summed E-state index contributed by atoms with van der Waals surface area (Å²) in [6, 6.07) is 8.33. The molecular weight excluding hydrogens is 368 g/mol. The summed E-state index contributed by atoms with van der Waals surface area (Å²) in [6.45, 7) is 4.02. The Morgan fingerprint density at radius 1 is 0.680 bits per heavy atom. The van der Waals surface area contributed by atoms with Crippen LogP contribution in [0.5, 0.6) is 0 Å². The number of benzene rings is 1. The molecule has 0 radical (unpaired) electrons. The molecule has 0 bridgehead atoms. The second kappa shape index (κ2) is 5.66. The molecular formula is C18H12N4S3. The highest BCUT2D eigenvalue weighted by atomic mass is 32.1. The zero-order valence-electron chi connectivity index (χ0n) is 13.5. The number of hydrogen-bond acceptors (Lipinski definition) is 7. The van der Waals surface area contributed by atoms with Crippen molar-refractivity contribution in [3.8, 4) is 20.9 Å². The second-order valence-corrected chi connectivity index (χ2v) is 8.18. The molecule has 0 amide bonds. The van der Waals surface area contributed by atoms with Crippen LogP contribution >= 0.6 is 34.4 Å². The smallest absolute Gasteiger partial charge is 0.116 e. The molecule has 0 aliphatic rings. The van der Waals surface area contributed by atoms with E-state index in [4.69, 9.17) is 9.97 Å². The van der Waals surface area contributed by atoms with E-state index in [0.717, 1.165) is 54.3 Å². The fraction of sp³-hybridized carbons (Fsp3) is 0.111. The lowest BCUT2D eigenvalue weighted by atomic mass is 10.0. The molecule has 5 aromatic rings. The van der Waals surface area contributed by atoms with E-state index in [0.29, 0.717) is 0 Å². The number of rotatable bonds is 2. The zero-order valence-corrected chi connectivity index (χ0v) is 15.9. The minimum absolute atomic E-state index is 0.911. The van der Waals surface area contributed by atoms with Gasteiger partial charge in [0.2, 0.25) is 0 Å². The van der Waals surface area contributed by atoms with Gasteiger partial charge in [-0.15, -0.1) is 22.7 Å². The summed E-state index contributed by atoms with van der Waals surface area (Å²) < 4.78 is 9.24. The van der Waals surface area contributed by atoms with Gasteiger partial charge in [-0.2, -0.15) is 8.75 Å². The number of nitrogens with zero attached hydrogens (tertiary/aromatic N) is 4. The number of hydrogen-bond donors (Lipinski definition) is 0. The predicted molar refractivity (Wildman–Crippen MR) is 107 cm³/mol. The van der Waals surface area contributed by atoms with Crippen LogP contribution in [0.2, 0.25) is 0 Å². The second-order valence-electron chi connectivity index (χ2n) is 5.76. The van der Waals surface area contributed by atoms with Crippen molar-refractivity contribution < 1.29 is 0 Å². The van der Waals surface area contributed by atoms with Gasteiger partial charge in [0.25, 0.3) is 0 Å². The van der Waals surface area contributed by atoms with Crippen molar-refractivity contribution in [2.45, 2.75) is 13.8 Å². The van der Waals surface area contributed by atoms with Gasteiger partial charge in [0.05, 0.1) is 23.1 Å². The molecule has 0 N–H and O–H groups in total. The van der Waals surface area contributed by atoms with Crippen molar-refractivity contribution in [1.29, 1.82) is 0 Å². The van der Waals surface area contributed by atoms with Crippen molar-refractivity contribution in [3.63, 3.8) is 0 Å². The van der Waals surface area contributed by atoms with Gasteiger partial charge in [-0.05, 0) is 36.7 Å². The molecule has 0 unspecified atom stereocenters. The van der Waals surface area contributed by atoms with E-state index in [2.05, 4.69) is 43.8 Å². The molecule has 4 aromatic heterocycles. The van der Waals surface area contributed by atoms with E-state index in [1.165, 1.54) is 11.7 Å². The molecule has 0 saturated carbocycles. The monoisotopic (exact) mass is 380 g/mol. The summed E-state index contributed by atoms with van der Waals surface area (Å²) in [5.74, 6) is 0. The maximum absolute atomic E-state index is 4.92. The first-order valence-corrected chi connectivity index (χ1v) is 10.2.